The molecule has 2 N–H and O–H groups in total. The molecule has 2 aliphatic rings. The van der Waals surface area contributed by atoms with Crippen LogP contribution in [0.4, 0.5) is 0 Å². The van der Waals surface area contributed by atoms with Gasteiger partial charge < -0.3 is 5.11 Å². The van der Waals surface area contributed by atoms with E-state index in [0.717, 1.165) is 24.8 Å². The van der Waals surface area contributed by atoms with E-state index in [1.807, 2.05) is 30.3 Å². The van der Waals surface area contributed by atoms with Crippen molar-refractivity contribution in [3.63, 3.8) is 0 Å². The van der Waals surface area contributed by atoms with E-state index < -0.39 is 11.5 Å². The van der Waals surface area contributed by atoms with E-state index in [9.17, 15) is 9.90 Å². The van der Waals surface area contributed by atoms with Gasteiger partial charge >= 0.3 is 5.97 Å². The molecule has 1 aromatic carbocycles. The minimum atomic E-state index is -0.668. The van der Waals surface area contributed by atoms with Crippen molar-refractivity contribution in [1.82, 2.24) is 5.32 Å². The van der Waals surface area contributed by atoms with Crippen molar-refractivity contribution in [2.24, 2.45) is 11.8 Å². The first-order valence-corrected chi connectivity index (χ1v) is 6.73. The maximum atomic E-state index is 11.7. The molecule has 1 aromatic rings. The minimum Gasteiger partial charge on any atom is -0.480 e. The topological polar surface area (TPSA) is 49.3 Å². The molecule has 0 radical (unpaired) electrons. The van der Waals surface area contributed by atoms with Crippen molar-refractivity contribution in [3.8, 4) is 0 Å². The summed E-state index contributed by atoms with van der Waals surface area (Å²) >= 11 is 0. The van der Waals surface area contributed by atoms with Gasteiger partial charge in [-0.3, -0.25) is 10.1 Å². The molecular formula is C15H19NO2. The number of fused-ring (bicyclic) bond motifs is 2. The predicted molar refractivity (Wildman–Crippen MR) is 69.1 cm³/mol. The van der Waals surface area contributed by atoms with E-state index >= 15 is 0 Å². The number of nitrogens with one attached hydrogen (secondary N) is 1. The van der Waals surface area contributed by atoms with Crippen molar-refractivity contribution in [2.45, 2.75) is 37.8 Å². The molecule has 0 heterocycles. The molecule has 3 rings (SSSR count). The largest absolute Gasteiger partial charge is 0.480 e. The second-order valence-corrected chi connectivity index (χ2v) is 5.70. The van der Waals surface area contributed by atoms with E-state index in [2.05, 4.69) is 5.32 Å². The Morgan fingerprint density at radius 1 is 1.33 bits per heavy atom. The maximum absolute atomic E-state index is 11.7. The highest BCUT2D eigenvalue weighted by atomic mass is 16.4. The Morgan fingerprint density at radius 3 is 2.67 bits per heavy atom. The number of rotatable bonds is 4. The van der Waals surface area contributed by atoms with Crippen LogP contribution in [0.1, 0.15) is 31.2 Å². The van der Waals surface area contributed by atoms with Crippen LogP contribution in [0.5, 0.6) is 0 Å². The number of hydrogen-bond acceptors (Lipinski definition) is 2. The highest BCUT2D eigenvalue weighted by molar-refractivity contribution is 5.80. The Hall–Kier alpha value is -1.35. The Balaban J connectivity index is 1.74. The van der Waals surface area contributed by atoms with Crippen molar-refractivity contribution in [1.29, 1.82) is 0 Å². The van der Waals surface area contributed by atoms with Crippen LogP contribution in [0.3, 0.4) is 0 Å². The van der Waals surface area contributed by atoms with Gasteiger partial charge in [-0.05, 0) is 36.7 Å². The highest BCUT2D eigenvalue weighted by Crippen LogP contribution is 2.50. The quantitative estimate of drug-likeness (QED) is 0.856. The molecular weight excluding hydrogens is 226 g/mol. The molecule has 2 saturated carbocycles. The summed E-state index contributed by atoms with van der Waals surface area (Å²) in [7, 11) is 0. The average molecular weight is 245 g/mol. The summed E-state index contributed by atoms with van der Waals surface area (Å²) < 4.78 is 0. The van der Waals surface area contributed by atoms with E-state index in [1.165, 1.54) is 6.42 Å². The number of benzene rings is 1. The molecule has 0 amide bonds. The fourth-order valence-electron chi connectivity index (χ4n) is 3.74. The smallest absolute Gasteiger partial charge is 0.324 e. The standard InChI is InChI=1S/C15H19NO2/c17-14(18)15(9-12-6-7-13(15)8-12)16-10-11-4-2-1-3-5-11/h1-5,12-13,16H,6-10H2,(H,17,18). The van der Waals surface area contributed by atoms with Crippen molar-refractivity contribution < 1.29 is 9.90 Å². The molecule has 0 spiro atoms. The number of carboxylic acids is 1. The van der Waals surface area contributed by atoms with E-state index in [4.69, 9.17) is 0 Å². The summed E-state index contributed by atoms with van der Waals surface area (Å²) in [4.78, 5) is 11.7. The minimum absolute atomic E-state index is 0.323. The first-order valence-electron chi connectivity index (χ1n) is 6.73. The molecule has 0 aliphatic heterocycles. The molecule has 3 nitrogen and oxygen atoms in total. The molecule has 0 aromatic heterocycles. The van der Waals surface area contributed by atoms with Crippen LogP contribution in [0, 0.1) is 11.8 Å². The molecule has 18 heavy (non-hydrogen) atoms. The van der Waals surface area contributed by atoms with Crippen LogP contribution < -0.4 is 5.32 Å². The lowest BCUT2D eigenvalue weighted by molar-refractivity contribution is -0.147. The zero-order valence-corrected chi connectivity index (χ0v) is 10.4. The zero-order chi connectivity index (χ0) is 12.6. The number of aliphatic carboxylic acids is 1. The lowest BCUT2D eigenvalue weighted by atomic mass is 9.80. The summed E-state index contributed by atoms with van der Waals surface area (Å²) in [6.45, 7) is 0.649. The van der Waals surface area contributed by atoms with Gasteiger partial charge in [-0.25, -0.2) is 0 Å². The van der Waals surface area contributed by atoms with Gasteiger partial charge in [0.2, 0.25) is 0 Å². The number of carboxylic acid groups (broad SMARTS) is 1. The second kappa shape index (κ2) is 4.39. The van der Waals surface area contributed by atoms with E-state index in [0.29, 0.717) is 18.4 Å². The number of hydrogen-bond donors (Lipinski definition) is 2. The van der Waals surface area contributed by atoms with Gasteiger partial charge in [0.25, 0.3) is 0 Å². The molecule has 2 fully saturated rings. The van der Waals surface area contributed by atoms with Crippen molar-refractivity contribution in [3.05, 3.63) is 35.9 Å². The molecule has 2 aliphatic carbocycles. The van der Waals surface area contributed by atoms with Gasteiger partial charge in [0.15, 0.2) is 0 Å². The fraction of sp³-hybridized carbons (Fsp3) is 0.533. The maximum Gasteiger partial charge on any atom is 0.324 e. The molecule has 0 saturated heterocycles. The first kappa shape index (κ1) is 11.7. The molecule has 96 valence electrons. The Bertz CT molecular complexity index is 445. The summed E-state index contributed by atoms with van der Waals surface area (Å²) in [6, 6.07) is 10.0. The summed E-state index contributed by atoms with van der Waals surface area (Å²) in [5.74, 6) is 0.281. The SMILES string of the molecule is O=C(O)C1(NCc2ccccc2)CC2CCC1C2. The van der Waals surface area contributed by atoms with Crippen LogP contribution in [-0.4, -0.2) is 16.6 Å². The van der Waals surface area contributed by atoms with Crippen LogP contribution in [-0.2, 0) is 11.3 Å². The first-order chi connectivity index (χ1) is 8.71. The van der Waals surface area contributed by atoms with Crippen LogP contribution >= 0.6 is 0 Å². The Morgan fingerprint density at radius 2 is 2.11 bits per heavy atom. The number of carbonyl (C=O) groups is 1. The predicted octanol–water partition coefficient (Wildman–Crippen LogP) is 2.42. The Labute approximate surface area is 107 Å². The monoisotopic (exact) mass is 245 g/mol. The molecule has 3 atom stereocenters. The third kappa shape index (κ3) is 1.83. The third-order valence-electron chi connectivity index (χ3n) is 4.68. The van der Waals surface area contributed by atoms with Gasteiger partial charge in [0.1, 0.15) is 5.54 Å². The van der Waals surface area contributed by atoms with E-state index in [-0.39, 0.29) is 0 Å². The van der Waals surface area contributed by atoms with Gasteiger partial charge in [0.05, 0.1) is 0 Å². The Kier molecular flexibility index (Phi) is 2.86. The zero-order valence-electron chi connectivity index (χ0n) is 10.4. The van der Waals surface area contributed by atoms with Crippen molar-refractivity contribution >= 4 is 5.97 Å². The third-order valence-corrected chi connectivity index (χ3v) is 4.68. The van der Waals surface area contributed by atoms with Crippen LogP contribution in [0.2, 0.25) is 0 Å². The van der Waals surface area contributed by atoms with Crippen molar-refractivity contribution in [2.75, 3.05) is 0 Å². The summed E-state index contributed by atoms with van der Waals surface area (Å²) in [5.41, 5.74) is 0.486. The van der Waals surface area contributed by atoms with Crippen LogP contribution in [0.15, 0.2) is 30.3 Å². The molecule has 2 bridgehead atoms. The van der Waals surface area contributed by atoms with E-state index in [1.54, 1.807) is 0 Å². The fourth-order valence-corrected chi connectivity index (χ4v) is 3.74. The van der Waals surface area contributed by atoms with Gasteiger partial charge in [0, 0.05) is 6.54 Å². The average Bonchev–Trinajstić information content (AvgIpc) is 2.98. The normalized spacial score (nSPS) is 33.8. The molecule has 3 unspecified atom stereocenters. The van der Waals surface area contributed by atoms with Gasteiger partial charge in [-0.2, -0.15) is 0 Å². The lowest BCUT2D eigenvalue weighted by Gasteiger charge is -2.34. The molecule has 3 heteroatoms. The van der Waals surface area contributed by atoms with Crippen LogP contribution in [0.25, 0.3) is 0 Å². The summed E-state index contributed by atoms with van der Waals surface area (Å²) in [5, 5.41) is 12.9. The lowest BCUT2D eigenvalue weighted by Crippen LogP contribution is -2.55. The summed E-state index contributed by atoms with van der Waals surface area (Å²) in [6.07, 6.45) is 4.18. The second-order valence-electron chi connectivity index (χ2n) is 5.70. The van der Waals surface area contributed by atoms with Gasteiger partial charge in [-0.1, -0.05) is 36.8 Å². The highest BCUT2D eigenvalue weighted by Gasteiger charge is 2.55. The van der Waals surface area contributed by atoms with Gasteiger partial charge in [-0.15, -0.1) is 0 Å².